The first-order valence-corrected chi connectivity index (χ1v) is 10.1. The predicted molar refractivity (Wildman–Crippen MR) is 115 cm³/mol. The van der Waals surface area contributed by atoms with Crippen molar-refractivity contribution < 1.29 is 14.3 Å². The van der Waals surface area contributed by atoms with Gasteiger partial charge in [-0.05, 0) is 35.4 Å². The smallest absolute Gasteiger partial charge is 0.318 e. The van der Waals surface area contributed by atoms with Gasteiger partial charge in [-0.1, -0.05) is 48.0 Å². The van der Waals surface area contributed by atoms with Crippen LogP contribution < -0.4 is 5.32 Å². The van der Waals surface area contributed by atoms with E-state index in [0.29, 0.717) is 11.6 Å². The lowest BCUT2D eigenvalue weighted by atomic mass is 10.0. The lowest BCUT2D eigenvalue weighted by molar-refractivity contribution is -0.140. The van der Waals surface area contributed by atoms with Crippen LogP contribution in [0.4, 0.5) is 4.79 Å². The van der Waals surface area contributed by atoms with Gasteiger partial charge < -0.3 is 19.5 Å². The lowest BCUT2D eigenvalue weighted by Crippen LogP contribution is -2.42. The Morgan fingerprint density at radius 2 is 1.87 bits per heavy atom. The number of esters is 1. The Morgan fingerprint density at radius 1 is 1.10 bits per heavy atom. The fourth-order valence-electron chi connectivity index (χ4n) is 3.84. The number of nitrogens with one attached hydrogen (secondary N) is 1. The number of urea groups is 1. The van der Waals surface area contributed by atoms with Crippen LogP contribution in [-0.2, 0) is 16.1 Å². The van der Waals surface area contributed by atoms with Crippen LogP contribution in [0.2, 0.25) is 5.02 Å². The molecular formula is C23H22ClN3O3. The number of halogens is 1. The van der Waals surface area contributed by atoms with E-state index < -0.39 is 0 Å². The highest BCUT2D eigenvalue weighted by Crippen LogP contribution is 2.38. The summed E-state index contributed by atoms with van der Waals surface area (Å²) in [5, 5.41) is 3.44. The molecule has 1 aliphatic rings. The van der Waals surface area contributed by atoms with Gasteiger partial charge in [-0.3, -0.25) is 4.79 Å². The quantitative estimate of drug-likeness (QED) is 0.636. The van der Waals surface area contributed by atoms with Crippen molar-refractivity contribution >= 4 is 23.6 Å². The molecule has 0 saturated carbocycles. The highest BCUT2D eigenvalue weighted by Gasteiger charge is 2.33. The Balaban J connectivity index is 1.77. The monoisotopic (exact) mass is 423 g/mol. The summed E-state index contributed by atoms with van der Waals surface area (Å²) in [6, 6.07) is 18.9. The van der Waals surface area contributed by atoms with E-state index in [0.717, 1.165) is 22.5 Å². The zero-order chi connectivity index (χ0) is 21.1. The van der Waals surface area contributed by atoms with Crippen molar-refractivity contribution in [1.82, 2.24) is 14.8 Å². The summed E-state index contributed by atoms with van der Waals surface area (Å²) in [6.07, 6.45) is 2.11. The standard InChI is InChI=1S/C23H22ClN3O3/c1-30-21(28)12-13-25-23(29)27-15-16-7-2-5-10-19(16)26-14-6-11-20(26)22(27)17-8-3-4-9-18(17)24/h2-11,14,22H,12-13,15H2,1H3,(H,25,29)/t22-/m0/s1. The van der Waals surface area contributed by atoms with E-state index in [1.54, 1.807) is 4.90 Å². The SMILES string of the molecule is COC(=O)CCNC(=O)N1Cc2ccccc2-n2cccc2[C@@H]1c1ccccc1Cl. The van der Waals surface area contributed by atoms with Gasteiger partial charge in [0, 0.05) is 17.8 Å². The largest absolute Gasteiger partial charge is 0.469 e. The summed E-state index contributed by atoms with van der Waals surface area (Å²) >= 11 is 6.56. The maximum absolute atomic E-state index is 13.3. The Labute approximate surface area is 180 Å². The predicted octanol–water partition coefficient (Wildman–Crippen LogP) is 4.31. The minimum Gasteiger partial charge on any atom is -0.469 e. The van der Waals surface area contributed by atoms with E-state index in [2.05, 4.69) is 14.6 Å². The van der Waals surface area contributed by atoms with Gasteiger partial charge in [0.15, 0.2) is 0 Å². The van der Waals surface area contributed by atoms with Crippen molar-refractivity contribution in [3.05, 3.63) is 88.7 Å². The van der Waals surface area contributed by atoms with Gasteiger partial charge in [0.1, 0.15) is 6.04 Å². The van der Waals surface area contributed by atoms with Crippen LogP contribution in [0.5, 0.6) is 0 Å². The van der Waals surface area contributed by atoms with Crippen molar-refractivity contribution in [2.24, 2.45) is 0 Å². The molecule has 154 valence electrons. The van der Waals surface area contributed by atoms with Crippen LogP contribution in [0.25, 0.3) is 5.69 Å². The van der Waals surface area contributed by atoms with Crippen LogP contribution >= 0.6 is 11.6 Å². The molecule has 1 aliphatic heterocycles. The Kier molecular flexibility index (Phi) is 5.77. The van der Waals surface area contributed by atoms with E-state index in [1.165, 1.54) is 7.11 Å². The van der Waals surface area contributed by atoms with Crippen LogP contribution in [0.15, 0.2) is 66.9 Å². The van der Waals surface area contributed by atoms with Crippen LogP contribution in [0, 0.1) is 0 Å². The third kappa shape index (κ3) is 3.78. The number of para-hydroxylation sites is 1. The Bertz CT molecular complexity index is 1080. The van der Waals surface area contributed by atoms with Crippen LogP contribution in [0.3, 0.4) is 0 Å². The van der Waals surface area contributed by atoms with Gasteiger partial charge in [0.2, 0.25) is 0 Å². The van der Waals surface area contributed by atoms with Crippen molar-refractivity contribution in [1.29, 1.82) is 0 Å². The summed E-state index contributed by atoms with van der Waals surface area (Å²) in [6.45, 7) is 0.595. The maximum Gasteiger partial charge on any atom is 0.318 e. The normalized spacial score (nSPS) is 15.0. The van der Waals surface area contributed by atoms with E-state index in [4.69, 9.17) is 11.6 Å². The van der Waals surface area contributed by atoms with Gasteiger partial charge >= 0.3 is 12.0 Å². The van der Waals surface area contributed by atoms with Gasteiger partial charge in [0.05, 0.1) is 31.5 Å². The molecule has 0 spiro atoms. The molecule has 2 heterocycles. The zero-order valence-electron chi connectivity index (χ0n) is 16.5. The van der Waals surface area contributed by atoms with Crippen molar-refractivity contribution in [3.63, 3.8) is 0 Å². The molecule has 4 rings (SSSR count). The molecule has 6 nitrogen and oxygen atoms in total. The molecule has 7 heteroatoms. The molecule has 1 atom stereocenters. The average molecular weight is 424 g/mol. The van der Waals surface area contributed by atoms with Crippen molar-refractivity contribution in [2.45, 2.75) is 19.0 Å². The molecule has 0 fully saturated rings. The van der Waals surface area contributed by atoms with E-state index in [-0.39, 0.29) is 31.0 Å². The minimum atomic E-state index is -0.390. The molecule has 0 saturated heterocycles. The number of benzene rings is 2. The fourth-order valence-corrected chi connectivity index (χ4v) is 4.08. The molecule has 0 unspecified atom stereocenters. The second-order valence-electron chi connectivity index (χ2n) is 7.04. The maximum atomic E-state index is 13.3. The molecule has 30 heavy (non-hydrogen) atoms. The zero-order valence-corrected chi connectivity index (χ0v) is 17.3. The van der Waals surface area contributed by atoms with Crippen LogP contribution in [0.1, 0.15) is 29.3 Å². The van der Waals surface area contributed by atoms with Crippen molar-refractivity contribution in [2.75, 3.05) is 13.7 Å². The first kappa shape index (κ1) is 20.0. The molecule has 2 amide bonds. The summed E-state index contributed by atoms with van der Waals surface area (Å²) in [7, 11) is 1.33. The van der Waals surface area contributed by atoms with Crippen LogP contribution in [-0.4, -0.2) is 35.1 Å². The van der Waals surface area contributed by atoms with E-state index in [1.807, 2.05) is 66.9 Å². The van der Waals surface area contributed by atoms with Gasteiger partial charge in [-0.2, -0.15) is 0 Å². The second-order valence-corrected chi connectivity index (χ2v) is 7.45. The average Bonchev–Trinajstić information content (AvgIpc) is 3.19. The fraction of sp³-hybridized carbons (Fsp3) is 0.217. The first-order chi connectivity index (χ1) is 14.6. The molecule has 0 aliphatic carbocycles. The van der Waals surface area contributed by atoms with Gasteiger partial charge in [-0.25, -0.2) is 4.79 Å². The first-order valence-electron chi connectivity index (χ1n) is 9.71. The number of amides is 2. The number of carbonyl (C=O) groups excluding carboxylic acids is 2. The Morgan fingerprint density at radius 3 is 2.67 bits per heavy atom. The number of carbonyl (C=O) groups is 2. The molecular weight excluding hydrogens is 402 g/mol. The van der Waals surface area contributed by atoms with E-state index >= 15 is 0 Å². The van der Waals surface area contributed by atoms with Gasteiger partial charge in [-0.15, -0.1) is 0 Å². The van der Waals surface area contributed by atoms with Crippen molar-refractivity contribution in [3.8, 4) is 5.69 Å². The highest BCUT2D eigenvalue weighted by atomic mass is 35.5. The Hall–Kier alpha value is -3.25. The number of fused-ring (bicyclic) bond motifs is 3. The molecule has 1 N–H and O–H groups in total. The molecule has 2 aromatic carbocycles. The summed E-state index contributed by atoms with van der Waals surface area (Å²) < 4.78 is 6.76. The summed E-state index contributed by atoms with van der Waals surface area (Å²) in [5.41, 5.74) is 3.83. The molecule has 1 aromatic heterocycles. The van der Waals surface area contributed by atoms with Gasteiger partial charge in [0.25, 0.3) is 0 Å². The third-order valence-corrected chi connectivity index (χ3v) is 5.60. The molecule has 0 bridgehead atoms. The highest BCUT2D eigenvalue weighted by molar-refractivity contribution is 6.31. The number of methoxy groups -OCH3 is 1. The number of rotatable bonds is 4. The topological polar surface area (TPSA) is 63.6 Å². The molecule has 0 radical (unpaired) electrons. The number of hydrogen-bond donors (Lipinski definition) is 1. The number of nitrogens with zero attached hydrogens (tertiary/aromatic N) is 2. The lowest BCUT2D eigenvalue weighted by Gasteiger charge is -2.31. The molecule has 3 aromatic rings. The number of hydrogen-bond acceptors (Lipinski definition) is 3. The number of ether oxygens (including phenoxy) is 1. The number of aromatic nitrogens is 1. The summed E-state index contributed by atoms with van der Waals surface area (Å²) in [4.78, 5) is 26.5. The second kappa shape index (κ2) is 8.63. The third-order valence-electron chi connectivity index (χ3n) is 5.26. The summed E-state index contributed by atoms with van der Waals surface area (Å²) in [5.74, 6) is -0.368. The minimum absolute atomic E-state index is 0.111. The van der Waals surface area contributed by atoms with E-state index in [9.17, 15) is 9.59 Å².